The molecular formula is C20H24IN3O3S. The lowest BCUT2D eigenvalue weighted by Gasteiger charge is -2.31. The van der Waals surface area contributed by atoms with Gasteiger partial charge in [-0.2, -0.15) is 0 Å². The lowest BCUT2D eigenvalue weighted by atomic mass is 9.99. The van der Waals surface area contributed by atoms with Crippen LogP contribution < -0.4 is 20.1 Å². The van der Waals surface area contributed by atoms with E-state index in [0.717, 1.165) is 39.2 Å². The van der Waals surface area contributed by atoms with E-state index >= 15 is 0 Å². The fourth-order valence-corrected chi connectivity index (χ4v) is 5.99. The zero-order valence-electron chi connectivity index (χ0n) is 16.4. The molecule has 0 aliphatic carbocycles. The van der Waals surface area contributed by atoms with E-state index in [1.54, 1.807) is 25.6 Å². The van der Waals surface area contributed by atoms with Gasteiger partial charge in [0.1, 0.15) is 11.2 Å². The predicted molar refractivity (Wildman–Crippen MR) is 120 cm³/mol. The molecule has 1 aromatic carbocycles. The number of rotatable bonds is 4. The molecule has 28 heavy (non-hydrogen) atoms. The molecule has 1 atom stereocenters. The number of fused-ring (bicyclic) bond motifs is 3. The average molecular weight is 513 g/mol. The van der Waals surface area contributed by atoms with E-state index in [2.05, 4.69) is 52.0 Å². The number of carbonyl (C=O) groups is 1. The molecule has 4 rings (SSSR count). The van der Waals surface area contributed by atoms with Crippen LogP contribution in [-0.4, -0.2) is 37.6 Å². The van der Waals surface area contributed by atoms with Gasteiger partial charge in [0, 0.05) is 24.0 Å². The highest BCUT2D eigenvalue weighted by atomic mass is 127. The zero-order chi connectivity index (χ0) is 20.0. The number of carbonyl (C=O) groups excluding carboxylic acids is 1. The number of methoxy groups -OCH3 is 2. The molecule has 0 radical (unpaired) electrons. The number of thiophene rings is 1. The maximum absolute atomic E-state index is 13.0. The Labute approximate surface area is 182 Å². The fourth-order valence-electron chi connectivity index (χ4n) is 3.85. The molecule has 8 heteroatoms. The Morgan fingerprint density at radius 2 is 2.04 bits per heavy atom. The topological polar surface area (TPSA) is 62.8 Å². The molecule has 2 N–H and O–H groups in total. The summed E-state index contributed by atoms with van der Waals surface area (Å²) in [4.78, 5) is 16.7. The number of halogens is 1. The normalized spacial score (nSPS) is 18.9. The second-order valence-electron chi connectivity index (χ2n) is 7.31. The maximum atomic E-state index is 13.0. The van der Waals surface area contributed by atoms with Gasteiger partial charge in [-0.3, -0.25) is 9.69 Å². The van der Waals surface area contributed by atoms with Gasteiger partial charge in [-0.05, 0) is 66.1 Å². The van der Waals surface area contributed by atoms with Crippen molar-refractivity contribution in [2.75, 3.05) is 26.1 Å². The number of benzene rings is 1. The molecule has 2 aromatic rings. The third-order valence-corrected chi connectivity index (χ3v) is 7.33. The van der Waals surface area contributed by atoms with E-state index in [1.807, 2.05) is 12.1 Å². The second kappa shape index (κ2) is 7.72. The lowest BCUT2D eigenvalue weighted by molar-refractivity contribution is 0.0934. The van der Waals surface area contributed by atoms with Crippen LogP contribution >= 0.6 is 33.9 Å². The predicted octanol–water partition coefficient (Wildman–Crippen LogP) is 3.99. The van der Waals surface area contributed by atoms with Crippen LogP contribution in [0.2, 0.25) is 0 Å². The molecule has 0 fully saturated rings. The van der Waals surface area contributed by atoms with Crippen molar-refractivity contribution in [2.45, 2.75) is 39.0 Å². The molecule has 0 saturated heterocycles. The molecular weight excluding hydrogens is 489 g/mol. The number of ether oxygens (including phenoxy) is 2. The Morgan fingerprint density at radius 1 is 1.25 bits per heavy atom. The van der Waals surface area contributed by atoms with Crippen molar-refractivity contribution in [1.82, 2.24) is 10.2 Å². The van der Waals surface area contributed by atoms with Gasteiger partial charge in [0.15, 0.2) is 11.5 Å². The molecule has 1 aromatic heterocycles. The quantitative estimate of drug-likeness (QED) is 0.606. The highest BCUT2D eigenvalue weighted by molar-refractivity contribution is 14.1. The second-order valence-corrected chi connectivity index (χ2v) is 9.58. The molecule has 1 amide bonds. The Bertz CT molecular complexity index is 928. The van der Waals surface area contributed by atoms with Crippen molar-refractivity contribution < 1.29 is 14.3 Å². The standard InChI is InChI=1S/C20H24IN3O3S/c1-10(2)24-6-5-12-15(9-24)28-20-16(12)19(25)22-18(23-20)11-7-13(21)17(27-4)14(8-11)26-3/h7-8,10,18,23H,5-6,9H2,1-4H3,(H,22,25). The number of nitrogens with zero attached hydrogens (tertiary/aromatic N) is 1. The van der Waals surface area contributed by atoms with Crippen molar-refractivity contribution in [3.63, 3.8) is 0 Å². The van der Waals surface area contributed by atoms with Crippen molar-refractivity contribution in [3.05, 3.63) is 37.3 Å². The summed E-state index contributed by atoms with van der Waals surface area (Å²) in [6, 6.07) is 4.44. The van der Waals surface area contributed by atoms with Gasteiger partial charge in [0.25, 0.3) is 5.91 Å². The van der Waals surface area contributed by atoms with E-state index in [4.69, 9.17) is 9.47 Å². The van der Waals surface area contributed by atoms with Crippen LogP contribution in [0.3, 0.4) is 0 Å². The number of hydrogen-bond donors (Lipinski definition) is 2. The minimum atomic E-state index is -0.297. The number of anilines is 1. The first-order valence-corrected chi connectivity index (χ1v) is 11.2. The fraction of sp³-hybridized carbons (Fsp3) is 0.450. The Morgan fingerprint density at radius 3 is 2.71 bits per heavy atom. The van der Waals surface area contributed by atoms with Gasteiger partial charge >= 0.3 is 0 Å². The molecule has 2 aliphatic rings. The molecule has 150 valence electrons. The largest absolute Gasteiger partial charge is 0.493 e. The van der Waals surface area contributed by atoms with Crippen molar-refractivity contribution in [3.8, 4) is 11.5 Å². The highest BCUT2D eigenvalue weighted by Gasteiger charge is 2.34. The highest BCUT2D eigenvalue weighted by Crippen LogP contribution is 2.42. The number of amides is 1. The summed E-state index contributed by atoms with van der Waals surface area (Å²) in [7, 11) is 3.25. The first-order valence-electron chi connectivity index (χ1n) is 9.30. The molecule has 1 unspecified atom stereocenters. The SMILES string of the molecule is COc1cc(C2NC(=O)c3c(sc4c3CCN(C(C)C)C4)N2)cc(I)c1OC. The van der Waals surface area contributed by atoms with Gasteiger partial charge in [-0.25, -0.2) is 0 Å². The van der Waals surface area contributed by atoms with Crippen LogP contribution in [0.25, 0.3) is 0 Å². The van der Waals surface area contributed by atoms with Crippen molar-refractivity contribution in [2.24, 2.45) is 0 Å². The number of nitrogens with one attached hydrogen (secondary N) is 2. The van der Waals surface area contributed by atoms with Crippen LogP contribution in [-0.2, 0) is 13.0 Å². The summed E-state index contributed by atoms with van der Waals surface area (Å²) < 4.78 is 11.8. The zero-order valence-corrected chi connectivity index (χ0v) is 19.4. The molecule has 0 spiro atoms. The Kier molecular flexibility index (Phi) is 5.45. The monoisotopic (exact) mass is 513 g/mol. The molecule has 2 aliphatic heterocycles. The summed E-state index contributed by atoms with van der Waals surface area (Å²) in [6.07, 6.45) is 0.627. The van der Waals surface area contributed by atoms with Crippen LogP contribution in [0.5, 0.6) is 11.5 Å². The molecule has 6 nitrogen and oxygen atoms in total. The van der Waals surface area contributed by atoms with Crippen LogP contribution in [0, 0.1) is 3.57 Å². The van der Waals surface area contributed by atoms with E-state index in [-0.39, 0.29) is 12.1 Å². The smallest absolute Gasteiger partial charge is 0.256 e. The summed E-state index contributed by atoms with van der Waals surface area (Å²) in [6.45, 7) is 6.35. The lowest BCUT2D eigenvalue weighted by Crippen LogP contribution is -2.39. The average Bonchev–Trinajstić information content (AvgIpc) is 3.05. The molecule has 0 bridgehead atoms. The third-order valence-electron chi connectivity index (χ3n) is 5.38. The summed E-state index contributed by atoms with van der Waals surface area (Å²) >= 11 is 3.94. The van der Waals surface area contributed by atoms with Gasteiger partial charge < -0.3 is 20.1 Å². The van der Waals surface area contributed by atoms with E-state index in [0.29, 0.717) is 17.5 Å². The van der Waals surface area contributed by atoms with Crippen molar-refractivity contribution in [1.29, 1.82) is 0 Å². The number of hydrogen-bond acceptors (Lipinski definition) is 6. The van der Waals surface area contributed by atoms with Gasteiger partial charge in [0.2, 0.25) is 0 Å². The summed E-state index contributed by atoms with van der Waals surface area (Å²) in [5, 5.41) is 7.61. The first-order chi connectivity index (χ1) is 13.4. The van der Waals surface area contributed by atoms with Gasteiger partial charge in [-0.1, -0.05) is 0 Å². The Balaban J connectivity index is 1.66. The van der Waals surface area contributed by atoms with Crippen LogP contribution in [0.4, 0.5) is 5.00 Å². The molecule has 0 saturated carbocycles. The van der Waals surface area contributed by atoms with Gasteiger partial charge in [-0.15, -0.1) is 11.3 Å². The van der Waals surface area contributed by atoms with E-state index in [9.17, 15) is 4.79 Å². The van der Waals surface area contributed by atoms with Gasteiger partial charge in [0.05, 0.1) is 23.4 Å². The summed E-state index contributed by atoms with van der Waals surface area (Å²) in [5.74, 6) is 1.36. The minimum Gasteiger partial charge on any atom is -0.493 e. The molecule has 3 heterocycles. The van der Waals surface area contributed by atoms with Crippen LogP contribution in [0.15, 0.2) is 12.1 Å². The minimum absolute atomic E-state index is 0.000889. The van der Waals surface area contributed by atoms with Crippen LogP contribution in [0.1, 0.15) is 46.4 Å². The van der Waals surface area contributed by atoms with E-state index in [1.165, 1.54) is 10.4 Å². The first kappa shape index (κ1) is 19.8. The summed E-state index contributed by atoms with van der Waals surface area (Å²) in [5.41, 5.74) is 2.98. The Hall–Kier alpha value is -1.52. The maximum Gasteiger partial charge on any atom is 0.256 e. The van der Waals surface area contributed by atoms with E-state index < -0.39 is 0 Å². The third kappa shape index (κ3) is 3.35. The van der Waals surface area contributed by atoms with Crippen molar-refractivity contribution >= 4 is 44.8 Å².